The number of carbonyl (C=O) groups excluding carboxylic acids is 1. The van der Waals surface area contributed by atoms with Crippen LogP contribution in [-0.4, -0.2) is 18.1 Å². The molecule has 1 aliphatic rings. The van der Waals surface area contributed by atoms with Gasteiger partial charge in [-0.05, 0) is 22.4 Å². The minimum absolute atomic E-state index is 0.135. The topological polar surface area (TPSA) is 67.8 Å². The molecule has 0 radical (unpaired) electrons. The summed E-state index contributed by atoms with van der Waals surface area (Å²) in [6, 6.07) is 1.42. The first-order chi connectivity index (χ1) is 6.27. The van der Waals surface area contributed by atoms with E-state index in [-0.39, 0.29) is 5.92 Å². The SMILES string of the molecule is NC1=NC(=O)N=CC1c1ccsc1. The summed E-state index contributed by atoms with van der Waals surface area (Å²) in [5.41, 5.74) is 6.63. The third-order valence-corrected chi connectivity index (χ3v) is 2.48. The standard InChI is InChI=1S/C8H7N3OS/c9-7-6(3-10-8(12)11-7)5-1-2-13-4-5/h1-4,6H,(H2,9,11,12). The number of amides is 2. The van der Waals surface area contributed by atoms with E-state index in [0.29, 0.717) is 5.84 Å². The summed E-state index contributed by atoms with van der Waals surface area (Å²) in [6.45, 7) is 0. The largest absolute Gasteiger partial charge is 0.386 e. The van der Waals surface area contributed by atoms with Gasteiger partial charge in [-0.2, -0.15) is 16.3 Å². The Balaban J connectivity index is 2.32. The lowest BCUT2D eigenvalue weighted by Gasteiger charge is -2.11. The maximum absolute atomic E-state index is 10.7. The summed E-state index contributed by atoms with van der Waals surface area (Å²) in [5.74, 6) is 0.183. The van der Waals surface area contributed by atoms with Gasteiger partial charge in [-0.3, -0.25) is 0 Å². The Morgan fingerprint density at radius 3 is 3.00 bits per heavy atom. The highest BCUT2D eigenvalue weighted by molar-refractivity contribution is 7.08. The molecule has 2 heterocycles. The molecule has 1 aromatic heterocycles. The molecule has 66 valence electrons. The van der Waals surface area contributed by atoms with Crippen molar-refractivity contribution in [2.75, 3.05) is 0 Å². The number of hydrogen-bond acceptors (Lipinski definition) is 3. The molecule has 0 saturated carbocycles. The van der Waals surface area contributed by atoms with Crippen LogP contribution in [0.15, 0.2) is 26.8 Å². The molecule has 0 aliphatic carbocycles. The van der Waals surface area contributed by atoms with Crippen molar-refractivity contribution in [1.82, 2.24) is 0 Å². The van der Waals surface area contributed by atoms with Crippen LogP contribution in [-0.2, 0) is 0 Å². The van der Waals surface area contributed by atoms with Gasteiger partial charge >= 0.3 is 6.03 Å². The zero-order chi connectivity index (χ0) is 9.26. The van der Waals surface area contributed by atoms with Crippen LogP contribution < -0.4 is 5.73 Å². The molecule has 2 rings (SSSR count). The van der Waals surface area contributed by atoms with E-state index in [1.807, 2.05) is 16.8 Å². The summed E-state index contributed by atoms with van der Waals surface area (Å²) in [4.78, 5) is 17.9. The van der Waals surface area contributed by atoms with Crippen LogP contribution in [0, 0.1) is 0 Å². The number of rotatable bonds is 1. The Kier molecular flexibility index (Phi) is 1.94. The van der Waals surface area contributed by atoms with Crippen LogP contribution in [0.4, 0.5) is 4.79 Å². The van der Waals surface area contributed by atoms with E-state index in [0.717, 1.165) is 5.56 Å². The van der Waals surface area contributed by atoms with Gasteiger partial charge in [0.1, 0.15) is 5.84 Å². The fourth-order valence-electron chi connectivity index (χ4n) is 1.13. The molecule has 0 saturated heterocycles. The number of carbonyl (C=O) groups is 1. The molecule has 1 atom stereocenters. The Hall–Kier alpha value is -1.49. The Morgan fingerprint density at radius 2 is 2.38 bits per heavy atom. The van der Waals surface area contributed by atoms with Gasteiger partial charge in [-0.15, -0.1) is 0 Å². The first-order valence-corrected chi connectivity index (χ1v) is 4.66. The molecule has 1 unspecified atom stereocenters. The molecule has 4 nitrogen and oxygen atoms in total. The van der Waals surface area contributed by atoms with Crippen LogP contribution in [0.1, 0.15) is 11.5 Å². The first kappa shape index (κ1) is 8.12. The molecule has 1 aliphatic heterocycles. The monoisotopic (exact) mass is 193 g/mol. The second-order valence-corrected chi connectivity index (χ2v) is 3.41. The molecule has 0 aromatic carbocycles. The smallest absolute Gasteiger partial charge is 0.368 e. The Bertz CT molecular complexity index is 380. The van der Waals surface area contributed by atoms with Gasteiger partial charge in [0.15, 0.2) is 0 Å². The maximum Gasteiger partial charge on any atom is 0.368 e. The zero-order valence-corrected chi connectivity index (χ0v) is 7.49. The lowest BCUT2D eigenvalue weighted by Crippen LogP contribution is -2.26. The molecule has 1 aromatic rings. The van der Waals surface area contributed by atoms with E-state index in [9.17, 15) is 4.79 Å². The van der Waals surface area contributed by atoms with Gasteiger partial charge in [-0.1, -0.05) is 0 Å². The Labute approximate surface area is 78.8 Å². The molecule has 0 spiro atoms. The quantitative estimate of drug-likeness (QED) is 0.732. The van der Waals surface area contributed by atoms with Crippen molar-refractivity contribution >= 4 is 29.4 Å². The summed E-state index contributed by atoms with van der Waals surface area (Å²) in [6.07, 6.45) is 1.53. The van der Waals surface area contributed by atoms with Gasteiger partial charge < -0.3 is 5.73 Å². The van der Waals surface area contributed by atoms with E-state index in [1.54, 1.807) is 11.3 Å². The third-order valence-electron chi connectivity index (χ3n) is 1.78. The highest BCUT2D eigenvalue weighted by atomic mass is 32.1. The van der Waals surface area contributed by atoms with Crippen molar-refractivity contribution in [2.45, 2.75) is 5.92 Å². The van der Waals surface area contributed by atoms with Crippen LogP contribution in [0.25, 0.3) is 0 Å². The van der Waals surface area contributed by atoms with Crippen LogP contribution >= 0.6 is 11.3 Å². The van der Waals surface area contributed by atoms with Crippen molar-refractivity contribution in [3.05, 3.63) is 22.4 Å². The molecule has 13 heavy (non-hydrogen) atoms. The van der Waals surface area contributed by atoms with E-state index in [4.69, 9.17) is 5.73 Å². The summed E-state index contributed by atoms with van der Waals surface area (Å²) in [5, 5.41) is 3.92. The molecule has 0 fully saturated rings. The maximum atomic E-state index is 10.7. The summed E-state index contributed by atoms with van der Waals surface area (Å²) in [7, 11) is 0. The predicted octanol–water partition coefficient (Wildman–Crippen LogP) is 1.39. The van der Waals surface area contributed by atoms with Gasteiger partial charge in [0, 0.05) is 6.21 Å². The highest BCUT2D eigenvalue weighted by Crippen LogP contribution is 2.19. The lowest BCUT2D eigenvalue weighted by molar-refractivity contribution is 0.257. The molecule has 2 N–H and O–H groups in total. The average Bonchev–Trinajstić information content (AvgIpc) is 2.56. The van der Waals surface area contributed by atoms with Gasteiger partial charge in [0.25, 0.3) is 0 Å². The zero-order valence-electron chi connectivity index (χ0n) is 6.68. The van der Waals surface area contributed by atoms with Gasteiger partial charge in [0.05, 0.1) is 5.92 Å². The number of amidine groups is 1. The normalized spacial score (nSPS) is 21.7. The molecule has 2 amide bonds. The van der Waals surface area contributed by atoms with Crippen molar-refractivity contribution < 1.29 is 4.79 Å². The average molecular weight is 193 g/mol. The number of aliphatic imine (C=N–C) groups is 2. The number of thiophene rings is 1. The summed E-state index contributed by atoms with van der Waals surface area (Å²) >= 11 is 1.58. The van der Waals surface area contributed by atoms with Crippen LogP contribution in [0.2, 0.25) is 0 Å². The van der Waals surface area contributed by atoms with E-state index >= 15 is 0 Å². The number of urea groups is 1. The molecule has 0 bridgehead atoms. The minimum atomic E-state index is -0.524. The predicted molar refractivity (Wildman–Crippen MR) is 52.6 cm³/mol. The molecular formula is C8H7N3OS. The second-order valence-electron chi connectivity index (χ2n) is 2.63. The van der Waals surface area contributed by atoms with Crippen LogP contribution in [0.5, 0.6) is 0 Å². The molecular weight excluding hydrogens is 186 g/mol. The fraction of sp³-hybridized carbons (Fsp3) is 0.125. The van der Waals surface area contributed by atoms with Gasteiger partial charge in [0.2, 0.25) is 0 Å². The van der Waals surface area contributed by atoms with Crippen molar-refractivity contribution in [3.63, 3.8) is 0 Å². The van der Waals surface area contributed by atoms with Crippen molar-refractivity contribution in [3.8, 4) is 0 Å². The van der Waals surface area contributed by atoms with E-state index < -0.39 is 6.03 Å². The Morgan fingerprint density at radius 1 is 1.54 bits per heavy atom. The fourth-order valence-corrected chi connectivity index (χ4v) is 1.83. The highest BCUT2D eigenvalue weighted by Gasteiger charge is 2.18. The minimum Gasteiger partial charge on any atom is -0.386 e. The summed E-state index contributed by atoms with van der Waals surface area (Å²) < 4.78 is 0. The third kappa shape index (κ3) is 1.50. The van der Waals surface area contributed by atoms with E-state index in [2.05, 4.69) is 9.98 Å². The number of nitrogens with zero attached hydrogens (tertiary/aromatic N) is 2. The number of nitrogens with two attached hydrogens (primary N) is 1. The van der Waals surface area contributed by atoms with Crippen molar-refractivity contribution in [2.24, 2.45) is 15.7 Å². The number of hydrogen-bond donors (Lipinski definition) is 1. The van der Waals surface area contributed by atoms with Crippen LogP contribution in [0.3, 0.4) is 0 Å². The second kappa shape index (κ2) is 3.10. The van der Waals surface area contributed by atoms with Crippen molar-refractivity contribution in [1.29, 1.82) is 0 Å². The molecule has 5 heteroatoms. The van der Waals surface area contributed by atoms with Gasteiger partial charge in [-0.25, -0.2) is 9.79 Å². The lowest BCUT2D eigenvalue weighted by atomic mass is 10.0. The first-order valence-electron chi connectivity index (χ1n) is 3.71. The van der Waals surface area contributed by atoms with E-state index in [1.165, 1.54) is 6.21 Å².